The summed E-state index contributed by atoms with van der Waals surface area (Å²) in [6.07, 6.45) is -0.698. The van der Waals surface area contributed by atoms with Crippen LogP contribution in [0.3, 0.4) is 0 Å². The van der Waals surface area contributed by atoms with Crippen molar-refractivity contribution in [2.24, 2.45) is 0 Å². The van der Waals surface area contributed by atoms with E-state index in [-0.39, 0.29) is 11.7 Å². The number of halogens is 2. The lowest BCUT2D eigenvalue weighted by atomic mass is 10.1. The van der Waals surface area contributed by atoms with Gasteiger partial charge in [-0.3, -0.25) is 9.59 Å². The third-order valence-corrected chi connectivity index (χ3v) is 4.60. The van der Waals surface area contributed by atoms with Gasteiger partial charge in [0.15, 0.2) is 6.10 Å². The Morgan fingerprint density at radius 2 is 1.64 bits per heavy atom. The van der Waals surface area contributed by atoms with Gasteiger partial charge in [0.05, 0.1) is 10.6 Å². The maximum Gasteiger partial charge on any atom is 0.257 e. The number of rotatable bonds is 6. The Labute approximate surface area is 173 Å². The first-order valence-electron chi connectivity index (χ1n) is 8.56. The summed E-state index contributed by atoms with van der Waals surface area (Å²) in [4.78, 5) is 24.9. The highest BCUT2D eigenvalue weighted by Crippen LogP contribution is 2.22. The second-order valence-corrected chi connectivity index (χ2v) is 6.94. The lowest BCUT2D eigenvalue weighted by Crippen LogP contribution is -2.24. The van der Waals surface area contributed by atoms with Gasteiger partial charge in [-0.15, -0.1) is 0 Å². The minimum atomic E-state index is -0.698. The number of Topliss-reactive ketones (excluding diaryl/α,β-unsaturated/α-hetero) is 1. The second-order valence-electron chi connectivity index (χ2n) is 6.09. The van der Waals surface area contributed by atoms with E-state index < -0.39 is 6.10 Å². The molecule has 0 fully saturated rings. The summed E-state index contributed by atoms with van der Waals surface area (Å²) < 4.78 is 5.75. The Morgan fingerprint density at radius 3 is 2.36 bits per heavy atom. The van der Waals surface area contributed by atoms with Crippen molar-refractivity contribution in [1.29, 1.82) is 0 Å². The van der Waals surface area contributed by atoms with E-state index in [4.69, 9.17) is 27.9 Å². The first kappa shape index (κ1) is 19.9. The molecule has 4 nitrogen and oxygen atoms in total. The highest BCUT2D eigenvalue weighted by atomic mass is 35.5. The van der Waals surface area contributed by atoms with Gasteiger partial charge in [-0.05, 0) is 55.5 Å². The van der Waals surface area contributed by atoms with Gasteiger partial charge in [0, 0.05) is 22.3 Å². The molecule has 142 valence electrons. The number of hydrogen-bond donors (Lipinski definition) is 1. The normalized spacial score (nSPS) is 11.5. The van der Waals surface area contributed by atoms with Gasteiger partial charge in [0.25, 0.3) is 5.91 Å². The highest BCUT2D eigenvalue weighted by Gasteiger charge is 2.17. The van der Waals surface area contributed by atoms with Crippen LogP contribution >= 0.6 is 23.2 Å². The fourth-order valence-electron chi connectivity index (χ4n) is 2.60. The quantitative estimate of drug-likeness (QED) is 0.512. The van der Waals surface area contributed by atoms with Crippen LogP contribution in [0.5, 0.6) is 5.75 Å². The zero-order chi connectivity index (χ0) is 20.1. The lowest BCUT2D eigenvalue weighted by Gasteiger charge is -2.15. The fraction of sp³-hybridized carbons (Fsp3) is 0.0909. The number of nitrogens with one attached hydrogen (secondary N) is 1. The molecule has 0 aliphatic carbocycles. The van der Waals surface area contributed by atoms with Crippen LogP contribution in [0.15, 0.2) is 72.8 Å². The van der Waals surface area contributed by atoms with Gasteiger partial charge in [-0.2, -0.15) is 0 Å². The van der Waals surface area contributed by atoms with E-state index in [1.54, 1.807) is 79.7 Å². The van der Waals surface area contributed by atoms with Crippen LogP contribution in [0.25, 0.3) is 0 Å². The fourth-order valence-corrected chi connectivity index (χ4v) is 2.94. The summed E-state index contributed by atoms with van der Waals surface area (Å²) in [5.41, 5.74) is 1.43. The van der Waals surface area contributed by atoms with Crippen LogP contribution in [0.2, 0.25) is 10.0 Å². The molecule has 3 aromatic rings. The summed E-state index contributed by atoms with van der Waals surface area (Å²) >= 11 is 11.9. The standard InChI is InChI=1S/C22H17Cl2NO3/c1-14(21(26)15-9-11-16(23)12-10-15)28-18-6-4-5-17(13-18)25-22(27)19-7-2-3-8-20(19)24/h2-14H,1H3,(H,25,27)/t14-/m0/s1. The summed E-state index contributed by atoms with van der Waals surface area (Å²) in [6.45, 7) is 1.67. The SMILES string of the molecule is C[C@H](Oc1cccc(NC(=O)c2ccccc2Cl)c1)C(=O)c1ccc(Cl)cc1. The number of benzene rings is 3. The van der Waals surface area contributed by atoms with Gasteiger partial charge in [0.1, 0.15) is 5.75 Å². The number of carbonyl (C=O) groups excluding carboxylic acids is 2. The van der Waals surface area contributed by atoms with E-state index in [2.05, 4.69) is 5.32 Å². The van der Waals surface area contributed by atoms with Crippen molar-refractivity contribution in [2.75, 3.05) is 5.32 Å². The number of amides is 1. The molecule has 0 spiro atoms. The van der Waals surface area contributed by atoms with E-state index in [1.807, 2.05) is 0 Å². The monoisotopic (exact) mass is 413 g/mol. The maximum absolute atomic E-state index is 12.5. The zero-order valence-corrected chi connectivity index (χ0v) is 16.5. The van der Waals surface area contributed by atoms with E-state index >= 15 is 0 Å². The molecule has 1 atom stereocenters. The average Bonchev–Trinajstić information content (AvgIpc) is 2.68. The van der Waals surface area contributed by atoms with Crippen LogP contribution in [-0.4, -0.2) is 17.8 Å². The Bertz CT molecular complexity index is 1000. The third kappa shape index (κ3) is 4.91. The first-order chi connectivity index (χ1) is 13.4. The third-order valence-electron chi connectivity index (χ3n) is 4.02. The van der Waals surface area contributed by atoms with E-state index in [1.165, 1.54) is 0 Å². The topological polar surface area (TPSA) is 55.4 Å². The van der Waals surface area contributed by atoms with E-state index in [9.17, 15) is 9.59 Å². The molecule has 0 saturated carbocycles. The minimum absolute atomic E-state index is 0.165. The number of ether oxygens (including phenoxy) is 1. The Kier molecular flexibility index (Phi) is 6.34. The number of carbonyl (C=O) groups is 2. The van der Waals surface area contributed by atoms with Crippen molar-refractivity contribution in [3.8, 4) is 5.75 Å². The molecule has 0 aliphatic heterocycles. The predicted octanol–water partition coefficient (Wildman–Crippen LogP) is 5.90. The molecule has 0 bridgehead atoms. The molecule has 1 amide bonds. The number of anilines is 1. The summed E-state index contributed by atoms with van der Waals surface area (Å²) in [5.74, 6) is -0.0259. The van der Waals surface area contributed by atoms with Crippen LogP contribution in [0, 0.1) is 0 Å². The average molecular weight is 414 g/mol. The van der Waals surface area contributed by atoms with Crippen molar-refractivity contribution in [2.45, 2.75) is 13.0 Å². The predicted molar refractivity (Wildman–Crippen MR) is 112 cm³/mol. The van der Waals surface area contributed by atoms with Crippen molar-refractivity contribution in [3.05, 3.63) is 94.0 Å². The van der Waals surface area contributed by atoms with Crippen LogP contribution in [-0.2, 0) is 0 Å². The lowest BCUT2D eigenvalue weighted by molar-refractivity contribution is 0.0818. The van der Waals surface area contributed by atoms with E-state index in [0.29, 0.717) is 32.6 Å². The molecular weight excluding hydrogens is 397 g/mol. The van der Waals surface area contributed by atoms with Crippen molar-refractivity contribution < 1.29 is 14.3 Å². The molecule has 3 aromatic carbocycles. The molecule has 0 saturated heterocycles. The molecule has 0 aromatic heterocycles. The molecule has 0 unspecified atom stereocenters. The minimum Gasteiger partial charge on any atom is -0.482 e. The van der Waals surface area contributed by atoms with Crippen LogP contribution in [0.4, 0.5) is 5.69 Å². The van der Waals surface area contributed by atoms with Gasteiger partial charge < -0.3 is 10.1 Å². The van der Waals surface area contributed by atoms with Crippen LogP contribution < -0.4 is 10.1 Å². The highest BCUT2D eigenvalue weighted by molar-refractivity contribution is 6.34. The van der Waals surface area contributed by atoms with Crippen LogP contribution in [0.1, 0.15) is 27.6 Å². The molecular formula is C22H17Cl2NO3. The summed E-state index contributed by atoms with van der Waals surface area (Å²) in [5, 5.41) is 3.71. The molecule has 0 aliphatic rings. The Balaban J connectivity index is 1.69. The second kappa shape index (κ2) is 8.91. The largest absolute Gasteiger partial charge is 0.482 e. The summed E-state index contributed by atoms with van der Waals surface area (Å²) in [6, 6.07) is 20.3. The van der Waals surface area contributed by atoms with Gasteiger partial charge in [0.2, 0.25) is 5.78 Å². The molecule has 6 heteroatoms. The Morgan fingerprint density at radius 1 is 0.929 bits per heavy atom. The summed E-state index contributed by atoms with van der Waals surface area (Å²) in [7, 11) is 0. The molecule has 28 heavy (non-hydrogen) atoms. The van der Waals surface area contributed by atoms with Crippen molar-refractivity contribution in [3.63, 3.8) is 0 Å². The van der Waals surface area contributed by atoms with Gasteiger partial charge in [-0.25, -0.2) is 0 Å². The molecule has 0 radical (unpaired) electrons. The van der Waals surface area contributed by atoms with Gasteiger partial charge in [-0.1, -0.05) is 41.4 Å². The Hall–Kier alpha value is -2.82. The number of hydrogen-bond acceptors (Lipinski definition) is 3. The van der Waals surface area contributed by atoms with Crippen molar-refractivity contribution in [1.82, 2.24) is 0 Å². The van der Waals surface area contributed by atoms with Gasteiger partial charge >= 0.3 is 0 Å². The smallest absolute Gasteiger partial charge is 0.257 e. The van der Waals surface area contributed by atoms with E-state index in [0.717, 1.165) is 0 Å². The number of ketones is 1. The molecule has 1 N–H and O–H groups in total. The maximum atomic E-state index is 12.5. The molecule has 0 heterocycles. The first-order valence-corrected chi connectivity index (χ1v) is 9.32. The van der Waals surface area contributed by atoms with Crippen molar-refractivity contribution >= 4 is 40.6 Å². The zero-order valence-electron chi connectivity index (χ0n) is 15.0. The molecule has 3 rings (SSSR count).